The Bertz CT molecular complexity index is 920. The first-order valence-electron chi connectivity index (χ1n) is 9.99. The lowest BCUT2D eigenvalue weighted by atomic mass is 9.94. The lowest BCUT2D eigenvalue weighted by Gasteiger charge is -2.25. The van der Waals surface area contributed by atoms with E-state index in [1.807, 2.05) is 0 Å². The molecule has 2 heteroatoms. The predicted octanol–water partition coefficient (Wildman–Crippen LogP) is 7.64. The smallest absolute Gasteiger partial charge is 0.0658 e. The second-order valence-corrected chi connectivity index (χ2v) is 8.03. The van der Waals surface area contributed by atoms with E-state index in [0.29, 0.717) is 0 Å². The molecule has 0 fully saturated rings. The van der Waals surface area contributed by atoms with Gasteiger partial charge in [-0.1, -0.05) is 36.4 Å². The molecule has 0 aliphatic heterocycles. The second-order valence-electron chi connectivity index (χ2n) is 8.03. The van der Waals surface area contributed by atoms with Crippen LogP contribution >= 0.6 is 0 Å². The summed E-state index contributed by atoms with van der Waals surface area (Å²) in [6.45, 7) is 17.5. The van der Waals surface area contributed by atoms with Crippen molar-refractivity contribution in [2.75, 3.05) is 10.6 Å². The molecule has 0 radical (unpaired) electrons. The Hall–Kier alpha value is -2.74. The summed E-state index contributed by atoms with van der Waals surface area (Å²) < 4.78 is 0. The van der Waals surface area contributed by atoms with Gasteiger partial charge in [0.15, 0.2) is 0 Å². The summed E-state index contributed by atoms with van der Waals surface area (Å²) in [5, 5.41) is 7.57. The third-order valence-electron chi connectivity index (χ3n) is 6.15. The van der Waals surface area contributed by atoms with E-state index < -0.39 is 0 Å². The fraction of sp³-hybridized carbons (Fsp3) is 0.308. The molecule has 0 saturated carbocycles. The van der Waals surface area contributed by atoms with Crippen LogP contribution in [0.3, 0.4) is 0 Å². The fourth-order valence-electron chi connectivity index (χ4n) is 3.90. The van der Waals surface area contributed by atoms with Gasteiger partial charge in [0.05, 0.1) is 11.4 Å². The van der Waals surface area contributed by atoms with Crippen molar-refractivity contribution in [3.63, 3.8) is 0 Å². The summed E-state index contributed by atoms with van der Waals surface area (Å²) >= 11 is 0. The van der Waals surface area contributed by atoms with Gasteiger partial charge in [0.2, 0.25) is 0 Å². The molecule has 0 amide bonds. The molecule has 0 heterocycles. The third kappa shape index (κ3) is 3.52. The number of hydrogen-bond donors (Lipinski definition) is 2. The van der Waals surface area contributed by atoms with Crippen molar-refractivity contribution in [1.82, 2.24) is 0 Å². The summed E-state index contributed by atoms with van der Waals surface area (Å²) in [4.78, 5) is 0. The molecule has 28 heavy (non-hydrogen) atoms. The van der Waals surface area contributed by atoms with Gasteiger partial charge in [-0.2, -0.15) is 0 Å². The first-order valence-corrected chi connectivity index (χ1v) is 9.99. The Morgan fingerprint density at radius 3 is 0.964 bits per heavy atom. The number of nitrogens with one attached hydrogen (secondary N) is 2. The molecule has 0 bridgehead atoms. The van der Waals surface area contributed by atoms with Crippen molar-refractivity contribution in [3.8, 4) is 0 Å². The van der Waals surface area contributed by atoms with E-state index in [9.17, 15) is 0 Å². The molecule has 2 N–H and O–H groups in total. The number of benzene rings is 3. The van der Waals surface area contributed by atoms with Gasteiger partial charge in [-0.05, 0) is 99.9 Å². The van der Waals surface area contributed by atoms with Gasteiger partial charge in [-0.25, -0.2) is 0 Å². The van der Waals surface area contributed by atoms with Crippen LogP contribution in [0.15, 0.2) is 36.4 Å². The number of aryl methyl sites for hydroxylation is 4. The molecule has 3 aromatic carbocycles. The lowest BCUT2D eigenvalue weighted by molar-refractivity contribution is 1.20. The number of anilines is 4. The molecule has 146 valence electrons. The minimum atomic E-state index is 1.17. The van der Waals surface area contributed by atoms with Crippen LogP contribution in [0.5, 0.6) is 0 Å². The molecule has 0 atom stereocenters. The summed E-state index contributed by atoms with van der Waals surface area (Å²) in [7, 11) is 0. The van der Waals surface area contributed by atoms with Crippen molar-refractivity contribution in [2.45, 2.75) is 55.4 Å². The zero-order valence-corrected chi connectivity index (χ0v) is 18.5. The average molecular weight is 373 g/mol. The topological polar surface area (TPSA) is 24.1 Å². The summed E-state index contributed by atoms with van der Waals surface area (Å²) in [6, 6.07) is 12.9. The quantitative estimate of drug-likeness (QED) is 0.491. The Morgan fingerprint density at radius 2 is 0.679 bits per heavy atom. The van der Waals surface area contributed by atoms with Crippen LogP contribution in [0.4, 0.5) is 22.7 Å². The van der Waals surface area contributed by atoms with E-state index in [2.05, 4.69) is 102 Å². The van der Waals surface area contributed by atoms with Gasteiger partial charge >= 0.3 is 0 Å². The molecule has 0 aliphatic rings. The highest BCUT2D eigenvalue weighted by molar-refractivity contribution is 5.87. The van der Waals surface area contributed by atoms with E-state index >= 15 is 0 Å². The normalized spacial score (nSPS) is 10.9. The van der Waals surface area contributed by atoms with Crippen LogP contribution in [0, 0.1) is 55.4 Å². The molecule has 2 nitrogen and oxygen atoms in total. The molecular weight excluding hydrogens is 340 g/mol. The number of para-hydroxylation sites is 2. The Morgan fingerprint density at radius 1 is 0.393 bits per heavy atom. The minimum Gasteiger partial charge on any atom is -0.353 e. The fourth-order valence-corrected chi connectivity index (χ4v) is 3.90. The Kier molecular flexibility index (Phi) is 5.51. The maximum Gasteiger partial charge on any atom is 0.0658 e. The molecule has 0 aliphatic carbocycles. The highest BCUT2D eigenvalue weighted by Crippen LogP contribution is 2.40. The number of rotatable bonds is 4. The largest absolute Gasteiger partial charge is 0.353 e. The Labute approximate surface area is 170 Å². The van der Waals surface area contributed by atoms with Crippen LogP contribution in [-0.2, 0) is 0 Å². The highest BCUT2D eigenvalue weighted by atomic mass is 15.0. The van der Waals surface area contributed by atoms with Crippen LogP contribution in [0.2, 0.25) is 0 Å². The first-order chi connectivity index (χ1) is 13.2. The van der Waals surface area contributed by atoms with Crippen molar-refractivity contribution in [3.05, 3.63) is 80.9 Å². The van der Waals surface area contributed by atoms with Crippen LogP contribution < -0.4 is 10.6 Å². The molecule has 0 aromatic heterocycles. The summed E-state index contributed by atoms with van der Waals surface area (Å²) in [6.07, 6.45) is 0. The number of hydrogen-bond acceptors (Lipinski definition) is 2. The zero-order chi connectivity index (χ0) is 20.6. The van der Waals surface area contributed by atoms with Gasteiger partial charge in [0.25, 0.3) is 0 Å². The van der Waals surface area contributed by atoms with Gasteiger partial charge in [0.1, 0.15) is 0 Å². The van der Waals surface area contributed by atoms with Crippen molar-refractivity contribution in [1.29, 1.82) is 0 Å². The van der Waals surface area contributed by atoms with Crippen LogP contribution in [0.1, 0.15) is 44.5 Å². The van der Waals surface area contributed by atoms with Crippen LogP contribution in [-0.4, -0.2) is 0 Å². The molecule has 0 spiro atoms. The minimum absolute atomic E-state index is 1.17. The van der Waals surface area contributed by atoms with E-state index in [0.717, 1.165) is 0 Å². The van der Waals surface area contributed by atoms with Crippen molar-refractivity contribution < 1.29 is 0 Å². The molecule has 3 aromatic rings. The highest BCUT2D eigenvalue weighted by Gasteiger charge is 2.18. The second kappa shape index (κ2) is 7.71. The van der Waals surface area contributed by atoms with Gasteiger partial charge in [-0.3, -0.25) is 0 Å². The van der Waals surface area contributed by atoms with Gasteiger partial charge < -0.3 is 10.6 Å². The SMILES string of the molecule is Cc1cccc(C)c1Nc1c(C)c(C)c(C)c(C)c1Nc1c(C)cccc1C. The Balaban J connectivity index is 2.22. The molecule has 3 rings (SSSR count). The van der Waals surface area contributed by atoms with E-state index in [1.165, 1.54) is 67.3 Å². The molecule has 0 saturated heterocycles. The van der Waals surface area contributed by atoms with Gasteiger partial charge in [0, 0.05) is 11.4 Å². The predicted molar refractivity (Wildman–Crippen MR) is 124 cm³/mol. The maximum atomic E-state index is 3.78. The monoisotopic (exact) mass is 372 g/mol. The molecule has 0 unspecified atom stereocenters. The van der Waals surface area contributed by atoms with E-state index in [4.69, 9.17) is 0 Å². The molecular formula is C26H32N2. The standard InChI is InChI=1S/C26H32N2/c1-15-11-9-12-16(2)23(15)27-25-21(7)19(5)20(6)22(8)26(25)28-24-17(3)13-10-14-18(24)4/h9-14,27-28H,1-8H3. The third-order valence-corrected chi connectivity index (χ3v) is 6.15. The average Bonchev–Trinajstić information content (AvgIpc) is 2.65. The first kappa shape index (κ1) is 20.0. The van der Waals surface area contributed by atoms with E-state index in [1.54, 1.807) is 0 Å². The van der Waals surface area contributed by atoms with Crippen LogP contribution in [0.25, 0.3) is 0 Å². The summed E-state index contributed by atoms with van der Waals surface area (Å²) in [5.74, 6) is 0. The van der Waals surface area contributed by atoms with Gasteiger partial charge in [-0.15, -0.1) is 0 Å². The maximum absolute atomic E-state index is 3.78. The van der Waals surface area contributed by atoms with Crippen molar-refractivity contribution >= 4 is 22.7 Å². The van der Waals surface area contributed by atoms with E-state index in [-0.39, 0.29) is 0 Å². The van der Waals surface area contributed by atoms with Crippen molar-refractivity contribution in [2.24, 2.45) is 0 Å². The zero-order valence-electron chi connectivity index (χ0n) is 18.5. The summed E-state index contributed by atoms with van der Waals surface area (Å²) in [5.41, 5.74) is 15.0. The lowest BCUT2D eigenvalue weighted by Crippen LogP contribution is -2.08.